The van der Waals surface area contributed by atoms with Gasteiger partial charge in [0.25, 0.3) is 0 Å². The summed E-state index contributed by atoms with van der Waals surface area (Å²) in [4.78, 5) is 20.0. The van der Waals surface area contributed by atoms with E-state index in [2.05, 4.69) is 26.9 Å². The molecule has 3 fully saturated rings. The van der Waals surface area contributed by atoms with Gasteiger partial charge in [-0.05, 0) is 19.4 Å². The molecule has 0 atom stereocenters. The van der Waals surface area contributed by atoms with Crippen molar-refractivity contribution in [2.24, 2.45) is 0 Å². The lowest BCUT2D eigenvalue weighted by molar-refractivity contribution is -0.123. The lowest BCUT2D eigenvalue weighted by Gasteiger charge is -2.46. The van der Waals surface area contributed by atoms with Gasteiger partial charge in [-0.3, -0.25) is 14.6 Å². The Morgan fingerprint density at radius 1 is 0.923 bits per heavy atom. The van der Waals surface area contributed by atoms with Crippen LogP contribution in [-0.2, 0) is 9.53 Å². The van der Waals surface area contributed by atoms with Crippen LogP contribution in [0.3, 0.4) is 0 Å². The summed E-state index contributed by atoms with van der Waals surface area (Å²) in [6.07, 6.45) is 7.66. The van der Waals surface area contributed by atoms with E-state index >= 15 is 0 Å². The molecule has 1 N–H and O–H groups in total. The van der Waals surface area contributed by atoms with Gasteiger partial charge < -0.3 is 15.0 Å². The van der Waals surface area contributed by atoms with Gasteiger partial charge in [0.2, 0.25) is 5.91 Å². The highest BCUT2D eigenvalue weighted by Crippen LogP contribution is 2.32. The second-order valence-electron chi connectivity index (χ2n) is 8.23. The van der Waals surface area contributed by atoms with Gasteiger partial charge in [-0.15, -0.1) is 0 Å². The Morgan fingerprint density at radius 3 is 2.15 bits per heavy atom. The van der Waals surface area contributed by atoms with Gasteiger partial charge in [0, 0.05) is 51.4 Å². The fraction of sp³-hybridized carbons (Fsp3) is 0.950. The molecule has 0 radical (unpaired) electrons. The third kappa shape index (κ3) is 5.41. The highest BCUT2D eigenvalue weighted by molar-refractivity contribution is 5.78. The number of piperazine rings is 1. The van der Waals surface area contributed by atoms with Gasteiger partial charge >= 0.3 is 0 Å². The van der Waals surface area contributed by atoms with E-state index in [9.17, 15) is 4.79 Å². The molecule has 1 saturated carbocycles. The van der Waals surface area contributed by atoms with E-state index in [4.69, 9.17) is 4.74 Å². The Kier molecular flexibility index (Phi) is 7.73. The summed E-state index contributed by atoms with van der Waals surface area (Å²) in [7, 11) is 0. The van der Waals surface area contributed by atoms with Crippen LogP contribution in [0.1, 0.15) is 45.4 Å². The molecule has 3 rings (SSSR count). The summed E-state index contributed by atoms with van der Waals surface area (Å²) in [5.41, 5.74) is 0.150. The van der Waals surface area contributed by atoms with Gasteiger partial charge in [-0.2, -0.15) is 0 Å². The molecule has 0 spiro atoms. The van der Waals surface area contributed by atoms with Gasteiger partial charge in [-0.1, -0.05) is 32.6 Å². The Hall–Kier alpha value is -0.690. The zero-order chi connectivity index (χ0) is 18.2. The van der Waals surface area contributed by atoms with Crippen molar-refractivity contribution in [3.63, 3.8) is 0 Å². The molecule has 1 amide bonds. The highest BCUT2D eigenvalue weighted by atomic mass is 16.5. The van der Waals surface area contributed by atoms with E-state index in [1.807, 2.05) is 0 Å². The van der Waals surface area contributed by atoms with E-state index in [0.717, 1.165) is 65.6 Å². The number of morpholine rings is 1. The zero-order valence-corrected chi connectivity index (χ0v) is 16.7. The highest BCUT2D eigenvalue weighted by Gasteiger charge is 2.38. The number of rotatable bonds is 6. The lowest BCUT2D eigenvalue weighted by atomic mass is 9.87. The first-order valence-corrected chi connectivity index (χ1v) is 10.8. The monoisotopic (exact) mass is 366 g/mol. The van der Waals surface area contributed by atoms with Crippen LogP contribution >= 0.6 is 0 Å². The summed E-state index contributed by atoms with van der Waals surface area (Å²) in [5.74, 6) is 0.201. The second kappa shape index (κ2) is 10.0. The molecule has 0 aromatic carbocycles. The minimum atomic E-state index is 0.150. The van der Waals surface area contributed by atoms with Crippen LogP contribution in [0.5, 0.6) is 0 Å². The van der Waals surface area contributed by atoms with Crippen LogP contribution in [0.4, 0.5) is 0 Å². The van der Waals surface area contributed by atoms with Crippen molar-refractivity contribution >= 4 is 5.91 Å². The number of nitrogens with one attached hydrogen (secondary N) is 1. The predicted molar refractivity (Wildman–Crippen MR) is 104 cm³/mol. The first-order valence-electron chi connectivity index (χ1n) is 10.8. The van der Waals surface area contributed by atoms with Gasteiger partial charge in [0.1, 0.15) is 0 Å². The summed E-state index contributed by atoms with van der Waals surface area (Å²) < 4.78 is 5.57. The Morgan fingerprint density at radius 2 is 1.54 bits per heavy atom. The fourth-order valence-corrected chi connectivity index (χ4v) is 4.81. The average molecular weight is 367 g/mol. The number of carbonyl (C=O) groups is 1. The topological polar surface area (TPSA) is 48.0 Å². The molecule has 2 saturated heterocycles. The van der Waals surface area contributed by atoms with E-state index in [1.54, 1.807) is 0 Å². The number of ether oxygens (including phenoxy) is 1. The molecule has 6 nitrogen and oxygen atoms in total. The lowest BCUT2D eigenvalue weighted by Crippen LogP contribution is -2.59. The van der Waals surface area contributed by atoms with Crippen molar-refractivity contribution in [3.05, 3.63) is 0 Å². The van der Waals surface area contributed by atoms with Crippen LogP contribution in [0.2, 0.25) is 0 Å². The van der Waals surface area contributed by atoms with Crippen molar-refractivity contribution in [2.45, 2.75) is 51.0 Å². The van der Waals surface area contributed by atoms with Crippen LogP contribution in [0.25, 0.3) is 0 Å². The SMILES string of the molecule is CCN1CCN(CC(=O)NCC2(N3CCOCC3)CCCCCC2)CC1. The van der Waals surface area contributed by atoms with Crippen LogP contribution in [0.15, 0.2) is 0 Å². The Bertz CT molecular complexity index is 424. The summed E-state index contributed by atoms with van der Waals surface area (Å²) >= 11 is 0. The minimum Gasteiger partial charge on any atom is -0.379 e. The number of amides is 1. The molecule has 2 aliphatic heterocycles. The van der Waals surface area contributed by atoms with Crippen LogP contribution in [-0.4, -0.2) is 98.3 Å². The Balaban J connectivity index is 1.51. The number of carbonyl (C=O) groups excluding carboxylic acids is 1. The maximum atomic E-state index is 12.6. The van der Waals surface area contributed by atoms with Gasteiger partial charge in [0.05, 0.1) is 19.8 Å². The van der Waals surface area contributed by atoms with Crippen molar-refractivity contribution in [3.8, 4) is 0 Å². The maximum absolute atomic E-state index is 12.6. The predicted octanol–water partition coefficient (Wildman–Crippen LogP) is 1.17. The number of hydrogen-bond acceptors (Lipinski definition) is 5. The standard InChI is InChI=1S/C20H38N4O2/c1-2-22-9-11-23(12-10-22)17-19(25)21-18-20(7-5-3-4-6-8-20)24-13-15-26-16-14-24/h2-18H2,1H3,(H,21,25). The molecule has 0 aromatic rings. The molecule has 0 aromatic heterocycles. The molecular formula is C20H38N4O2. The van der Waals surface area contributed by atoms with Crippen LogP contribution in [0, 0.1) is 0 Å². The average Bonchev–Trinajstić information content (AvgIpc) is 2.94. The van der Waals surface area contributed by atoms with E-state index in [0.29, 0.717) is 6.54 Å². The molecule has 0 unspecified atom stereocenters. The molecule has 26 heavy (non-hydrogen) atoms. The van der Waals surface area contributed by atoms with E-state index < -0.39 is 0 Å². The van der Waals surface area contributed by atoms with Crippen molar-refractivity contribution in [1.82, 2.24) is 20.0 Å². The van der Waals surface area contributed by atoms with Crippen molar-refractivity contribution < 1.29 is 9.53 Å². The second-order valence-corrected chi connectivity index (χ2v) is 8.23. The molecule has 3 aliphatic rings. The number of hydrogen-bond donors (Lipinski definition) is 1. The van der Waals surface area contributed by atoms with Gasteiger partial charge in [0.15, 0.2) is 0 Å². The van der Waals surface area contributed by atoms with Gasteiger partial charge in [-0.25, -0.2) is 0 Å². The molecule has 2 heterocycles. The normalized spacial score (nSPS) is 26.3. The Labute approximate surface area is 159 Å². The molecule has 6 heteroatoms. The molecule has 150 valence electrons. The van der Waals surface area contributed by atoms with E-state index in [-0.39, 0.29) is 11.4 Å². The summed E-state index contributed by atoms with van der Waals surface area (Å²) in [5, 5.41) is 3.31. The first kappa shape index (κ1) is 20.1. The molecular weight excluding hydrogens is 328 g/mol. The molecule has 1 aliphatic carbocycles. The minimum absolute atomic E-state index is 0.150. The summed E-state index contributed by atoms with van der Waals surface area (Å²) in [6.45, 7) is 12.5. The van der Waals surface area contributed by atoms with Crippen molar-refractivity contribution in [1.29, 1.82) is 0 Å². The third-order valence-electron chi connectivity index (χ3n) is 6.61. The largest absolute Gasteiger partial charge is 0.379 e. The molecule has 0 bridgehead atoms. The zero-order valence-electron chi connectivity index (χ0n) is 16.7. The fourth-order valence-electron chi connectivity index (χ4n) is 4.81. The summed E-state index contributed by atoms with van der Waals surface area (Å²) in [6, 6.07) is 0. The van der Waals surface area contributed by atoms with Crippen LogP contribution < -0.4 is 5.32 Å². The number of likely N-dealkylation sites (N-methyl/N-ethyl adjacent to an activating group) is 1. The quantitative estimate of drug-likeness (QED) is 0.715. The number of nitrogens with zero attached hydrogens (tertiary/aromatic N) is 3. The first-order chi connectivity index (χ1) is 12.7. The smallest absolute Gasteiger partial charge is 0.234 e. The van der Waals surface area contributed by atoms with E-state index in [1.165, 1.54) is 38.5 Å². The third-order valence-corrected chi connectivity index (χ3v) is 6.61. The van der Waals surface area contributed by atoms with Crippen molar-refractivity contribution in [2.75, 3.05) is 72.1 Å². The maximum Gasteiger partial charge on any atom is 0.234 e.